The van der Waals surface area contributed by atoms with Gasteiger partial charge in [0.25, 0.3) is 0 Å². The summed E-state index contributed by atoms with van der Waals surface area (Å²) in [5.74, 6) is -0.156. The third-order valence-corrected chi connectivity index (χ3v) is 4.70. The minimum absolute atomic E-state index is 0.156. The van der Waals surface area contributed by atoms with Gasteiger partial charge in [-0.3, -0.25) is 0 Å². The van der Waals surface area contributed by atoms with Gasteiger partial charge in [0.1, 0.15) is 5.82 Å². The van der Waals surface area contributed by atoms with Crippen molar-refractivity contribution in [1.29, 1.82) is 0 Å². The predicted molar refractivity (Wildman–Crippen MR) is 101 cm³/mol. The highest BCUT2D eigenvalue weighted by Gasteiger charge is 2.18. The highest BCUT2D eigenvalue weighted by molar-refractivity contribution is 5.79. The molecule has 0 amide bonds. The molecule has 24 heavy (non-hydrogen) atoms. The predicted octanol–water partition coefficient (Wildman–Crippen LogP) is 5.96. The SMILES string of the molecule is CC(C)(C)c1ccccc1CCCC1=CCNc2c(F)cccc21. The van der Waals surface area contributed by atoms with Crippen LogP contribution in [0.3, 0.4) is 0 Å². The highest BCUT2D eigenvalue weighted by atomic mass is 19.1. The van der Waals surface area contributed by atoms with Crippen LogP contribution in [0.15, 0.2) is 48.5 Å². The van der Waals surface area contributed by atoms with E-state index >= 15 is 0 Å². The van der Waals surface area contributed by atoms with Gasteiger partial charge in [-0.2, -0.15) is 0 Å². The smallest absolute Gasteiger partial charge is 0.146 e. The first-order chi connectivity index (χ1) is 11.5. The number of para-hydroxylation sites is 1. The Morgan fingerprint density at radius 1 is 1.00 bits per heavy atom. The number of fused-ring (bicyclic) bond motifs is 1. The van der Waals surface area contributed by atoms with E-state index in [0.29, 0.717) is 12.2 Å². The number of anilines is 1. The van der Waals surface area contributed by atoms with Gasteiger partial charge in [-0.25, -0.2) is 4.39 Å². The van der Waals surface area contributed by atoms with Crippen molar-refractivity contribution in [3.63, 3.8) is 0 Å². The molecule has 0 aromatic heterocycles. The first kappa shape index (κ1) is 16.8. The van der Waals surface area contributed by atoms with Gasteiger partial charge in [0.2, 0.25) is 0 Å². The van der Waals surface area contributed by atoms with Crippen LogP contribution in [0, 0.1) is 5.82 Å². The maximum Gasteiger partial charge on any atom is 0.146 e. The second-order valence-corrected chi connectivity index (χ2v) is 7.53. The van der Waals surface area contributed by atoms with Crippen LogP contribution in [0.5, 0.6) is 0 Å². The van der Waals surface area contributed by atoms with E-state index in [2.05, 4.69) is 56.4 Å². The topological polar surface area (TPSA) is 12.0 Å². The standard InChI is InChI=1S/C22H26FN/c1-22(2,3)19-12-5-4-8-17(19)10-6-9-16-14-15-24-21-18(16)11-7-13-20(21)23/h4-5,7-8,11-14,24H,6,9-10,15H2,1-3H3. The van der Waals surface area contributed by atoms with Crippen LogP contribution in [-0.4, -0.2) is 6.54 Å². The molecule has 2 heteroatoms. The summed E-state index contributed by atoms with van der Waals surface area (Å²) >= 11 is 0. The van der Waals surface area contributed by atoms with Crippen LogP contribution in [0.1, 0.15) is 50.3 Å². The molecule has 0 aliphatic carbocycles. The van der Waals surface area contributed by atoms with Crippen molar-refractivity contribution in [2.75, 3.05) is 11.9 Å². The molecule has 0 saturated carbocycles. The van der Waals surface area contributed by atoms with E-state index in [1.165, 1.54) is 22.8 Å². The van der Waals surface area contributed by atoms with E-state index in [-0.39, 0.29) is 11.2 Å². The first-order valence-electron chi connectivity index (χ1n) is 8.77. The van der Waals surface area contributed by atoms with Crippen molar-refractivity contribution in [3.05, 3.63) is 71.0 Å². The molecule has 2 aromatic carbocycles. The van der Waals surface area contributed by atoms with Gasteiger partial charge >= 0.3 is 0 Å². The van der Waals surface area contributed by atoms with Crippen LogP contribution in [0.25, 0.3) is 5.57 Å². The average Bonchev–Trinajstić information content (AvgIpc) is 2.55. The molecule has 1 nitrogen and oxygen atoms in total. The van der Waals surface area contributed by atoms with E-state index in [0.717, 1.165) is 24.8 Å². The number of nitrogens with one attached hydrogen (secondary N) is 1. The summed E-state index contributed by atoms with van der Waals surface area (Å²) in [6.45, 7) is 7.50. The van der Waals surface area contributed by atoms with Gasteiger partial charge < -0.3 is 5.32 Å². The van der Waals surface area contributed by atoms with E-state index in [4.69, 9.17) is 0 Å². The molecule has 1 aliphatic rings. The van der Waals surface area contributed by atoms with Gasteiger partial charge in [0.05, 0.1) is 5.69 Å². The number of hydrogen-bond donors (Lipinski definition) is 1. The Kier molecular flexibility index (Phi) is 4.75. The summed E-state index contributed by atoms with van der Waals surface area (Å²) in [5.41, 5.74) is 5.96. The van der Waals surface area contributed by atoms with E-state index in [1.54, 1.807) is 6.07 Å². The first-order valence-corrected chi connectivity index (χ1v) is 8.77. The fraction of sp³-hybridized carbons (Fsp3) is 0.364. The monoisotopic (exact) mass is 323 g/mol. The average molecular weight is 323 g/mol. The van der Waals surface area contributed by atoms with Crippen LogP contribution < -0.4 is 5.32 Å². The third-order valence-electron chi connectivity index (χ3n) is 4.70. The van der Waals surface area contributed by atoms with Crippen LogP contribution >= 0.6 is 0 Å². The molecule has 1 heterocycles. The number of hydrogen-bond acceptors (Lipinski definition) is 1. The van der Waals surface area contributed by atoms with Crippen molar-refractivity contribution < 1.29 is 4.39 Å². The normalized spacial score (nSPS) is 13.9. The fourth-order valence-corrected chi connectivity index (χ4v) is 3.53. The summed E-state index contributed by atoms with van der Waals surface area (Å²) in [6.07, 6.45) is 5.31. The molecular weight excluding hydrogens is 297 g/mol. The van der Waals surface area contributed by atoms with Gasteiger partial charge in [0, 0.05) is 12.1 Å². The van der Waals surface area contributed by atoms with Gasteiger partial charge in [-0.15, -0.1) is 0 Å². The van der Waals surface area contributed by atoms with Gasteiger partial charge in [0.15, 0.2) is 0 Å². The van der Waals surface area contributed by atoms with E-state index in [9.17, 15) is 4.39 Å². The Morgan fingerprint density at radius 2 is 1.79 bits per heavy atom. The number of halogens is 1. The summed E-state index contributed by atoms with van der Waals surface area (Å²) in [5, 5.41) is 3.15. The van der Waals surface area contributed by atoms with Crippen molar-refractivity contribution in [2.24, 2.45) is 0 Å². The minimum atomic E-state index is -0.156. The molecule has 0 bridgehead atoms. The van der Waals surface area contributed by atoms with Gasteiger partial charge in [-0.05, 0) is 47.4 Å². The lowest BCUT2D eigenvalue weighted by molar-refractivity contribution is 0.580. The Labute approximate surface area is 144 Å². The molecular formula is C22H26FN. The molecule has 0 radical (unpaired) electrons. The Balaban J connectivity index is 1.71. The molecule has 3 rings (SSSR count). The fourth-order valence-electron chi connectivity index (χ4n) is 3.53. The van der Waals surface area contributed by atoms with E-state index in [1.807, 2.05) is 6.07 Å². The molecule has 1 aliphatic heterocycles. The number of allylic oxidation sites excluding steroid dienone is 1. The Bertz CT molecular complexity index is 753. The largest absolute Gasteiger partial charge is 0.379 e. The lowest BCUT2D eigenvalue weighted by atomic mass is 9.82. The quantitative estimate of drug-likeness (QED) is 0.732. The number of rotatable bonds is 4. The van der Waals surface area contributed by atoms with Gasteiger partial charge in [-0.1, -0.05) is 63.2 Å². The lowest BCUT2D eigenvalue weighted by Gasteiger charge is -2.23. The van der Waals surface area contributed by atoms with Crippen LogP contribution in [0.4, 0.5) is 10.1 Å². The van der Waals surface area contributed by atoms with E-state index < -0.39 is 0 Å². The lowest BCUT2D eigenvalue weighted by Crippen LogP contribution is -2.14. The summed E-state index contributed by atoms with van der Waals surface area (Å²) in [7, 11) is 0. The van der Waals surface area contributed by atoms with Crippen molar-refractivity contribution in [1.82, 2.24) is 0 Å². The molecule has 0 fully saturated rings. The molecule has 126 valence electrons. The number of aryl methyl sites for hydroxylation is 1. The Morgan fingerprint density at radius 3 is 2.58 bits per heavy atom. The summed E-state index contributed by atoms with van der Waals surface area (Å²) in [6, 6.07) is 14.1. The zero-order valence-electron chi connectivity index (χ0n) is 14.8. The molecule has 0 atom stereocenters. The summed E-state index contributed by atoms with van der Waals surface area (Å²) in [4.78, 5) is 0. The molecule has 0 saturated heterocycles. The third kappa shape index (κ3) is 3.53. The molecule has 0 unspecified atom stereocenters. The van der Waals surface area contributed by atoms with Crippen LogP contribution in [-0.2, 0) is 11.8 Å². The Hall–Kier alpha value is -2.09. The zero-order chi connectivity index (χ0) is 17.2. The maximum absolute atomic E-state index is 13.9. The van der Waals surface area contributed by atoms with Crippen molar-refractivity contribution in [2.45, 2.75) is 45.4 Å². The van der Waals surface area contributed by atoms with Crippen molar-refractivity contribution in [3.8, 4) is 0 Å². The zero-order valence-corrected chi connectivity index (χ0v) is 14.8. The van der Waals surface area contributed by atoms with Crippen molar-refractivity contribution >= 4 is 11.3 Å². The maximum atomic E-state index is 13.9. The molecule has 1 N–H and O–H groups in total. The summed E-state index contributed by atoms with van der Waals surface area (Å²) < 4.78 is 13.9. The molecule has 2 aromatic rings. The van der Waals surface area contributed by atoms with Crippen LogP contribution in [0.2, 0.25) is 0 Å². The molecule has 0 spiro atoms. The second kappa shape index (κ2) is 6.80. The highest BCUT2D eigenvalue weighted by Crippen LogP contribution is 2.33. The minimum Gasteiger partial charge on any atom is -0.379 e. The number of benzene rings is 2. The second-order valence-electron chi connectivity index (χ2n) is 7.53.